The predicted octanol–water partition coefficient (Wildman–Crippen LogP) is 3.38. The summed E-state index contributed by atoms with van der Waals surface area (Å²) in [5.74, 6) is 0. The number of ether oxygens (including phenoxy) is 3. The third-order valence-corrected chi connectivity index (χ3v) is 2.75. The molecule has 1 aromatic carbocycles. The summed E-state index contributed by atoms with van der Waals surface area (Å²) in [5, 5.41) is 0. The lowest BCUT2D eigenvalue weighted by molar-refractivity contribution is -0.129. The lowest BCUT2D eigenvalue weighted by Crippen LogP contribution is -2.17. The summed E-state index contributed by atoms with van der Waals surface area (Å²) in [5.41, 5.74) is 1.20. The van der Waals surface area contributed by atoms with Crippen LogP contribution in [-0.4, -0.2) is 26.1 Å². The zero-order valence-electron chi connectivity index (χ0n) is 11.6. The van der Waals surface area contributed by atoms with E-state index < -0.39 is 0 Å². The fourth-order valence-electron chi connectivity index (χ4n) is 1.85. The van der Waals surface area contributed by atoms with Crippen molar-refractivity contribution >= 4 is 0 Å². The summed E-state index contributed by atoms with van der Waals surface area (Å²) >= 11 is 0. The van der Waals surface area contributed by atoms with Crippen LogP contribution in [-0.2, 0) is 20.8 Å². The highest BCUT2D eigenvalue weighted by Gasteiger charge is 2.24. The zero-order chi connectivity index (χ0) is 13.2. The van der Waals surface area contributed by atoms with E-state index in [1.807, 2.05) is 32.0 Å². The number of benzene rings is 1. The Balaban J connectivity index is 0.000000771. The van der Waals surface area contributed by atoms with Crippen LogP contribution in [0, 0.1) is 0 Å². The van der Waals surface area contributed by atoms with E-state index in [9.17, 15) is 0 Å². The van der Waals surface area contributed by atoms with Crippen molar-refractivity contribution in [2.45, 2.75) is 45.7 Å². The molecule has 18 heavy (non-hydrogen) atoms. The van der Waals surface area contributed by atoms with Gasteiger partial charge < -0.3 is 14.2 Å². The molecule has 0 spiro atoms. The van der Waals surface area contributed by atoms with Gasteiger partial charge in [0.15, 0.2) is 6.29 Å². The van der Waals surface area contributed by atoms with Crippen LogP contribution in [0.1, 0.15) is 32.3 Å². The van der Waals surface area contributed by atoms with Gasteiger partial charge in [-0.05, 0) is 12.0 Å². The van der Waals surface area contributed by atoms with E-state index in [2.05, 4.69) is 12.1 Å². The Hall–Kier alpha value is -0.900. The van der Waals surface area contributed by atoms with Crippen molar-refractivity contribution in [1.82, 2.24) is 0 Å². The SMILES string of the molecule is CC.COC1CCC(COCc2ccccc2)O1. The molecule has 1 aromatic rings. The second-order valence-electron chi connectivity index (χ2n) is 4.00. The van der Waals surface area contributed by atoms with Gasteiger partial charge in [-0.3, -0.25) is 0 Å². The van der Waals surface area contributed by atoms with Gasteiger partial charge in [0.05, 0.1) is 19.3 Å². The third kappa shape index (κ3) is 5.17. The molecule has 1 aliphatic rings. The van der Waals surface area contributed by atoms with Gasteiger partial charge in [0.25, 0.3) is 0 Å². The molecule has 1 heterocycles. The number of hydrogen-bond donors (Lipinski definition) is 0. The quantitative estimate of drug-likeness (QED) is 0.804. The molecule has 3 heteroatoms. The minimum absolute atomic E-state index is 0.0367. The second-order valence-corrected chi connectivity index (χ2v) is 4.00. The van der Waals surface area contributed by atoms with Crippen molar-refractivity contribution in [2.24, 2.45) is 0 Å². The maximum Gasteiger partial charge on any atom is 0.157 e. The topological polar surface area (TPSA) is 27.7 Å². The summed E-state index contributed by atoms with van der Waals surface area (Å²) in [6.45, 7) is 5.30. The Morgan fingerprint density at radius 2 is 1.89 bits per heavy atom. The average molecular weight is 252 g/mol. The minimum atomic E-state index is -0.0367. The Bertz CT molecular complexity index is 300. The van der Waals surface area contributed by atoms with Crippen molar-refractivity contribution in [2.75, 3.05) is 13.7 Å². The van der Waals surface area contributed by atoms with Crippen molar-refractivity contribution in [3.05, 3.63) is 35.9 Å². The van der Waals surface area contributed by atoms with E-state index in [4.69, 9.17) is 14.2 Å². The molecule has 102 valence electrons. The molecular weight excluding hydrogens is 228 g/mol. The summed E-state index contributed by atoms with van der Waals surface area (Å²) < 4.78 is 16.3. The fraction of sp³-hybridized carbons (Fsp3) is 0.600. The van der Waals surface area contributed by atoms with Crippen LogP contribution in [0.2, 0.25) is 0 Å². The van der Waals surface area contributed by atoms with E-state index in [-0.39, 0.29) is 12.4 Å². The normalized spacial score (nSPS) is 22.4. The van der Waals surface area contributed by atoms with Crippen LogP contribution in [0.15, 0.2) is 30.3 Å². The first-order chi connectivity index (χ1) is 8.88. The molecule has 0 radical (unpaired) electrons. The van der Waals surface area contributed by atoms with Gasteiger partial charge in [0.2, 0.25) is 0 Å². The molecule has 1 saturated heterocycles. The first kappa shape index (κ1) is 15.2. The van der Waals surface area contributed by atoms with Crippen LogP contribution in [0.5, 0.6) is 0 Å². The molecule has 0 aliphatic carbocycles. The number of hydrogen-bond acceptors (Lipinski definition) is 3. The lowest BCUT2D eigenvalue weighted by atomic mass is 10.2. The zero-order valence-corrected chi connectivity index (χ0v) is 11.6. The van der Waals surface area contributed by atoms with E-state index >= 15 is 0 Å². The largest absolute Gasteiger partial charge is 0.374 e. The third-order valence-electron chi connectivity index (χ3n) is 2.75. The Labute approximate surface area is 110 Å². The highest BCUT2D eigenvalue weighted by Crippen LogP contribution is 2.20. The number of methoxy groups -OCH3 is 1. The monoisotopic (exact) mass is 252 g/mol. The van der Waals surface area contributed by atoms with Gasteiger partial charge >= 0.3 is 0 Å². The van der Waals surface area contributed by atoms with Crippen LogP contribution in [0.3, 0.4) is 0 Å². The van der Waals surface area contributed by atoms with Crippen molar-refractivity contribution in [1.29, 1.82) is 0 Å². The van der Waals surface area contributed by atoms with Crippen LogP contribution in [0.25, 0.3) is 0 Å². The Morgan fingerprint density at radius 1 is 1.17 bits per heavy atom. The summed E-state index contributed by atoms with van der Waals surface area (Å²) in [4.78, 5) is 0. The van der Waals surface area contributed by atoms with Crippen LogP contribution >= 0.6 is 0 Å². The van der Waals surface area contributed by atoms with Gasteiger partial charge in [-0.25, -0.2) is 0 Å². The van der Waals surface area contributed by atoms with E-state index in [0.29, 0.717) is 13.2 Å². The molecule has 0 bridgehead atoms. The molecule has 2 unspecified atom stereocenters. The summed E-state index contributed by atoms with van der Waals surface area (Å²) in [7, 11) is 1.68. The van der Waals surface area contributed by atoms with Gasteiger partial charge in [-0.15, -0.1) is 0 Å². The molecule has 2 atom stereocenters. The first-order valence-electron chi connectivity index (χ1n) is 6.68. The molecular formula is C15H24O3. The molecule has 1 fully saturated rings. The fourth-order valence-corrected chi connectivity index (χ4v) is 1.85. The molecule has 1 aliphatic heterocycles. The smallest absolute Gasteiger partial charge is 0.157 e. The molecule has 0 saturated carbocycles. The molecule has 3 nitrogen and oxygen atoms in total. The first-order valence-corrected chi connectivity index (χ1v) is 6.68. The van der Waals surface area contributed by atoms with Crippen molar-refractivity contribution in [3.63, 3.8) is 0 Å². The standard InChI is InChI=1S/C13H18O3.C2H6/c1-14-13-8-7-12(16-13)10-15-9-11-5-3-2-4-6-11;1-2/h2-6,12-13H,7-10H2,1H3;1-2H3. The summed E-state index contributed by atoms with van der Waals surface area (Å²) in [6.07, 6.45) is 2.14. The van der Waals surface area contributed by atoms with E-state index in [1.165, 1.54) is 5.56 Å². The van der Waals surface area contributed by atoms with E-state index in [0.717, 1.165) is 12.8 Å². The second kappa shape index (κ2) is 9.09. The predicted molar refractivity (Wildman–Crippen MR) is 72.4 cm³/mol. The van der Waals surface area contributed by atoms with Crippen LogP contribution in [0.4, 0.5) is 0 Å². The summed E-state index contributed by atoms with van der Waals surface area (Å²) in [6, 6.07) is 10.2. The highest BCUT2D eigenvalue weighted by molar-refractivity contribution is 5.13. The van der Waals surface area contributed by atoms with E-state index in [1.54, 1.807) is 7.11 Å². The molecule has 0 amide bonds. The highest BCUT2D eigenvalue weighted by atomic mass is 16.7. The molecule has 2 rings (SSSR count). The maximum absolute atomic E-state index is 5.62. The maximum atomic E-state index is 5.62. The Kier molecular flexibility index (Phi) is 7.65. The Morgan fingerprint density at radius 3 is 2.50 bits per heavy atom. The van der Waals surface area contributed by atoms with Crippen molar-refractivity contribution < 1.29 is 14.2 Å². The van der Waals surface area contributed by atoms with Gasteiger partial charge in [0, 0.05) is 13.5 Å². The van der Waals surface area contributed by atoms with Crippen molar-refractivity contribution in [3.8, 4) is 0 Å². The lowest BCUT2D eigenvalue weighted by Gasteiger charge is -2.12. The van der Waals surface area contributed by atoms with Gasteiger partial charge in [-0.1, -0.05) is 44.2 Å². The van der Waals surface area contributed by atoms with Gasteiger partial charge in [0.1, 0.15) is 0 Å². The van der Waals surface area contributed by atoms with Crippen LogP contribution < -0.4 is 0 Å². The van der Waals surface area contributed by atoms with Gasteiger partial charge in [-0.2, -0.15) is 0 Å². The molecule has 0 N–H and O–H groups in total. The average Bonchev–Trinajstić information content (AvgIpc) is 2.90. The molecule has 0 aromatic heterocycles. The number of rotatable bonds is 5. The minimum Gasteiger partial charge on any atom is -0.374 e.